The van der Waals surface area contributed by atoms with Gasteiger partial charge in [0.2, 0.25) is 11.7 Å². The summed E-state index contributed by atoms with van der Waals surface area (Å²) in [6.07, 6.45) is 7.12. The molecule has 3 saturated carbocycles. The van der Waals surface area contributed by atoms with Crippen LogP contribution in [0.1, 0.15) is 120 Å². The molecular formula is C39H61N3O7. The Labute approximate surface area is 293 Å². The summed E-state index contributed by atoms with van der Waals surface area (Å²) >= 11 is 0. The van der Waals surface area contributed by atoms with Gasteiger partial charge >= 0.3 is 12.0 Å². The molecule has 274 valence electrons. The highest BCUT2D eigenvalue weighted by atomic mass is 16.5. The van der Waals surface area contributed by atoms with Crippen molar-refractivity contribution in [1.29, 1.82) is 0 Å². The number of urea groups is 1. The molecule has 2 N–H and O–H groups in total. The van der Waals surface area contributed by atoms with Gasteiger partial charge in [0.1, 0.15) is 18.2 Å². The van der Waals surface area contributed by atoms with Gasteiger partial charge in [0.25, 0.3) is 0 Å². The topological polar surface area (TPSA) is 139 Å². The number of nitrogens with zero attached hydrogens (tertiary/aromatic N) is 1. The number of allylic oxidation sites excluding steroid dienone is 1. The molecule has 3 amide bonds. The second-order valence-electron chi connectivity index (χ2n) is 18.0. The van der Waals surface area contributed by atoms with Crippen molar-refractivity contribution in [3.05, 3.63) is 12.7 Å². The Balaban J connectivity index is 1.50. The van der Waals surface area contributed by atoms with Crippen molar-refractivity contribution in [1.82, 2.24) is 15.5 Å². The number of Topliss-reactive ketones (excluding diaryl/α,β-unsaturated/α-hetero) is 3. The van der Waals surface area contributed by atoms with Crippen LogP contribution in [0.3, 0.4) is 0 Å². The van der Waals surface area contributed by atoms with Crippen LogP contribution in [0.4, 0.5) is 4.79 Å². The number of rotatable bonds is 17. The predicted molar refractivity (Wildman–Crippen MR) is 187 cm³/mol. The number of carbonyl (C=O) groups excluding carboxylic acids is 6. The average Bonchev–Trinajstić information content (AvgIpc) is 3.95. The molecule has 4 aliphatic rings. The van der Waals surface area contributed by atoms with Gasteiger partial charge in [-0.3, -0.25) is 19.2 Å². The first-order valence-electron chi connectivity index (χ1n) is 18.5. The molecule has 4 rings (SSSR count). The van der Waals surface area contributed by atoms with Crippen molar-refractivity contribution in [3.8, 4) is 0 Å². The van der Waals surface area contributed by atoms with Gasteiger partial charge in [-0.2, -0.15) is 0 Å². The molecule has 0 radical (unpaired) electrons. The highest BCUT2D eigenvalue weighted by Gasteiger charge is 2.69. The van der Waals surface area contributed by atoms with Gasteiger partial charge in [-0.15, -0.1) is 6.58 Å². The predicted octanol–water partition coefficient (Wildman–Crippen LogP) is 5.81. The van der Waals surface area contributed by atoms with Gasteiger partial charge in [0, 0.05) is 25.3 Å². The van der Waals surface area contributed by atoms with E-state index in [1.807, 2.05) is 48.5 Å². The highest BCUT2D eigenvalue weighted by molar-refractivity contribution is 6.38. The highest BCUT2D eigenvalue weighted by Crippen LogP contribution is 2.65. The van der Waals surface area contributed by atoms with Crippen molar-refractivity contribution >= 4 is 35.3 Å². The summed E-state index contributed by atoms with van der Waals surface area (Å²) in [5, 5.41) is 5.70. The van der Waals surface area contributed by atoms with Crippen LogP contribution < -0.4 is 10.6 Å². The van der Waals surface area contributed by atoms with Crippen molar-refractivity contribution in [3.63, 3.8) is 0 Å². The maximum absolute atomic E-state index is 14.4. The minimum absolute atomic E-state index is 0.0684. The van der Waals surface area contributed by atoms with E-state index in [1.54, 1.807) is 11.0 Å². The summed E-state index contributed by atoms with van der Waals surface area (Å²) in [5.41, 5.74) is -1.53. The molecule has 1 heterocycles. The fraction of sp³-hybridized carbons (Fsp3) is 0.795. The molecule has 3 aliphatic carbocycles. The Kier molecular flexibility index (Phi) is 11.6. The first-order chi connectivity index (χ1) is 22.7. The minimum Gasteiger partial charge on any atom is -0.460 e. The van der Waals surface area contributed by atoms with Crippen LogP contribution in [-0.2, 0) is 28.7 Å². The molecule has 1 saturated heterocycles. The number of ketones is 3. The lowest BCUT2D eigenvalue weighted by molar-refractivity contribution is -0.156. The van der Waals surface area contributed by atoms with Gasteiger partial charge in [0.05, 0.1) is 6.04 Å². The van der Waals surface area contributed by atoms with E-state index in [0.29, 0.717) is 37.6 Å². The summed E-state index contributed by atoms with van der Waals surface area (Å²) in [6.45, 7) is 21.2. The zero-order valence-electron chi connectivity index (χ0n) is 31.4. The van der Waals surface area contributed by atoms with Crippen LogP contribution in [0.15, 0.2) is 12.7 Å². The number of fused-ring (bicyclic) bond motifs is 1. The number of nitrogens with one attached hydrogen (secondary N) is 2. The lowest BCUT2D eigenvalue weighted by Gasteiger charge is -2.38. The third-order valence-corrected chi connectivity index (χ3v) is 11.3. The number of hydrogen-bond acceptors (Lipinski definition) is 7. The SMILES string of the molecule is C=CCCC(=O)C(=O)C(CCC)CC(=O)[C@@H]1[C@@H]2[C@H](CN1C(=O)[C@@H](NC(=O)N[C@H](C(=O)OC(C1CC1)C1CC1)C(C)(C)C)C(C)(C)C)C2(C)C. The number of ether oxygens (including phenoxy) is 1. The molecule has 0 aromatic rings. The molecule has 0 aromatic carbocycles. The van der Waals surface area contributed by atoms with E-state index in [4.69, 9.17) is 4.74 Å². The first kappa shape index (κ1) is 38.8. The summed E-state index contributed by atoms with van der Waals surface area (Å²) < 4.78 is 6.02. The Bertz CT molecular complexity index is 1300. The van der Waals surface area contributed by atoms with Crippen molar-refractivity contribution in [2.24, 2.45) is 45.8 Å². The Hall–Kier alpha value is -3.04. The molecule has 1 unspecified atom stereocenters. The lowest BCUT2D eigenvalue weighted by Crippen LogP contribution is -2.61. The summed E-state index contributed by atoms with van der Waals surface area (Å²) in [7, 11) is 0. The first-order valence-corrected chi connectivity index (χ1v) is 18.5. The minimum atomic E-state index is -1.00. The number of esters is 1. The van der Waals surface area contributed by atoms with Gasteiger partial charge < -0.3 is 20.3 Å². The van der Waals surface area contributed by atoms with E-state index in [-0.39, 0.29) is 47.9 Å². The van der Waals surface area contributed by atoms with Crippen molar-refractivity contribution in [2.45, 2.75) is 144 Å². The van der Waals surface area contributed by atoms with Gasteiger partial charge in [-0.05, 0) is 78.4 Å². The van der Waals surface area contributed by atoms with Gasteiger partial charge in [-0.25, -0.2) is 9.59 Å². The molecule has 49 heavy (non-hydrogen) atoms. The fourth-order valence-electron chi connectivity index (χ4n) is 7.88. The van der Waals surface area contributed by atoms with Crippen LogP contribution in [0.5, 0.6) is 0 Å². The molecule has 4 fully saturated rings. The van der Waals surface area contributed by atoms with Crippen LogP contribution >= 0.6 is 0 Å². The fourth-order valence-corrected chi connectivity index (χ4v) is 7.88. The van der Waals surface area contributed by atoms with E-state index in [9.17, 15) is 28.8 Å². The molecular weight excluding hydrogens is 622 g/mol. The largest absolute Gasteiger partial charge is 0.460 e. The molecule has 10 nitrogen and oxygen atoms in total. The Morgan fingerprint density at radius 1 is 0.918 bits per heavy atom. The van der Waals surface area contributed by atoms with Gasteiger partial charge in [0.15, 0.2) is 11.6 Å². The third-order valence-electron chi connectivity index (χ3n) is 11.3. The quantitative estimate of drug-likeness (QED) is 0.112. The standard InChI is InChI=1S/C39H61N3O7/c1-11-13-15-26(43)30(45)24(14-12-2)20-27(44)29-28-25(39(28,9)10)21-42(29)34(46)32(37(3,4)5)40-36(48)41-33(38(6,7)8)35(47)49-31(22-16-17-22)23-18-19-23/h11,22-25,28-29,31-33H,1,12-21H2,2-10H3,(H2,40,41,48)/t24?,25-,28-,29+,32+,33+/m0/s1. The normalized spacial score (nSPS) is 24.7. The maximum atomic E-state index is 14.4. The van der Waals surface area contributed by atoms with E-state index in [1.165, 1.54) is 0 Å². The van der Waals surface area contributed by atoms with E-state index >= 15 is 0 Å². The molecule has 0 aromatic heterocycles. The summed E-state index contributed by atoms with van der Waals surface area (Å²) in [4.78, 5) is 83.0. The zero-order valence-corrected chi connectivity index (χ0v) is 31.4. The van der Waals surface area contributed by atoms with Crippen LogP contribution in [-0.4, -0.2) is 70.9 Å². The molecule has 6 atom stereocenters. The Morgan fingerprint density at radius 2 is 1.47 bits per heavy atom. The number of likely N-dealkylation sites (tertiary alicyclic amines) is 1. The van der Waals surface area contributed by atoms with Crippen molar-refractivity contribution < 1.29 is 33.5 Å². The monoisotopic (exact) mass is 683 g/mol. The summed E-state index contributed by atoms with van der Waals surface area (Å²) in [5.74, 6) is -1.98. The number of piperidine rings is 1. The maximum Gasteiger partial charge on any atom is 0.329 e. The van der Waals surface area contributed by atoms with E-state index in [0.717, 1.165) is 25.7 Å². The molecule has 10 heteroatoms. The molecule has 1 aliphatic heterocycles. The van der Waals surface area contributed by atoms with Crippen LogP contribution in [0.25, 0.3) is 0 Å². The lowest BCUT2D eigenvalue weighted by atomic mass is 9.83. The Morgan fingerprint density at radius 3 is 1.96 bits per heavy atom. The van der Waals surface area contributed by atoms with E-state index in [2.05, 4.69) is 31.1 Å². The van der Waals surface area contributed by atoms with E-state index < -0.39 is 58.4 Å². The third kappa shape index (κ3) is 9.01. The van der Waals surface area contributed by atoms with Gasteiger partial charge in [-0.1, -0.05) is 74.8 Å². The molecule has 0 bridgehead atoms. The van der Waals surface area contributed by atoms with Crippen LogP contribution in [0, 0.1) is 45.8 Å². The van der Waals surface area contributed by atoms with Crippen LogP contribution in [0.2, 0.25) is 0 Å². The summed E-state index contributed by atoms with van der Waals surface area (Å²) in [6, 6.07) is -3.34. The average molecular weight is 684 g/mol. The second-order valence-corrected chi connectivity index (χ2v) is 18.0. The van der Waals surface area contributed by atoms with Crippen molar-refractivity contribution in [2.75, 3.05) is 6.54 Å². The smallest absolute Gasteiger partial charge is 0.329 e. The molecule has 0 spiro atoms. The number of hydrogen-bond donors (Lipinski definition) is 2. The second kappa shape index (κ2) is 14.7. The number of carbonyl (C=O) groups is 6. The number of amides is 3. The zero-order chi connectivity index (χ0) is 36.6.